The van der Waals surface area contributed by atoms with Crippen LogP contribution >= 0.6 is 0 Å². The van der Waals surface area contributed by atoms with Gasteiger partial charge in [-0.3, -0.25) is 14.8 Å². The molecule has 2 aromatic rings. The number of amides is 2. The first-order valence-corrected chi connectivity index (χ1v) is 9.85. The van der Waals surface area contributed by atoms with Crippen molar-refractivity contribution in [1.29, 1.82) is 0 Å². The molecule has 4 heterocycles. The molecule has 0 spiro atoms. The maximum absolute atomic E-state index is 12.7. The fourth-order valence-corrected chi connectivity index (χ4v) is 4.18. The van der Waals surface area contributed by atoms with Crippen molar-refractivity contribution in [3.63, 3.8) is 0 Å². The molecule has 0 saturated carbocycles. The molecule has 0 aliphatic carbocycles. The molecule has 4 rings (SSSR count). The smallest absolute Gasteiger partial charge is 0.548 e. The van der Waals surface area contributed by atoms with Gasteiger partial charge in [0, 0.05) is 36.1 Å². The third-order valence-electron chi connectivity index (χ3n) is 5.71. The first-order chi connectivity index (χ1) is 14.9. The Morgan fingerprint density at radius 1 is 1.28 bits per heavy atom. The number of aliphatic carboxylic acids is 1. The summed E-state index contributed by atoms with van der Waals surface area (Å²) < 4.78 is 5.32. The van der Waals surface area contributed by atoms with Gasteiger partial charge in [0.05, 0.1) is 23.7 Å². The Hall–Kier alpha value is -2.75. The van der Waals surface area contributed by atoms with Crippen molar-refractivity contribution in [1.82, 2.24) is 20.2 Å². The predicted octanol–water partition coefficient (Wildman–Crippen LogP) is -2.47. The van der Waals surface area contributed by atoms with Crippen molar-refractivity contribution in [2.45, 2.75) is 32.0 Å². The molecule has 2 amide bonds. The number of carboxylic acid groups (broad SMARTS) is 1. The summed E-state index contributed by atoms with van der Waals surface area (Å²) in [5.41, 5.74) is 0.990. The zero-order valence-electron chi connectivity index (χ0n) is 17.9. The third kappa shape index (κ3) is 4.69. The van der Waals surface area contributed by atoms with Gasteiger partial charge < -0.3 is 24.9 Å². The van der Waals surface area contributed by atoms with E-state index in [2.05, 4.69) is 15.3 Å². The minimum atomic E-state index is -1.36. The van der Waals surface area contributed by atoms with Gasteiger partial charge in [0.25, 0.3) is 5.91 Å². The third-order valence-corrected chi connectivity index (χ3v) is 5.71. The Labute approximate surface area is 207 Å². The standard InChI is InChI=1S/C22H22N4O5.Na/c1-22(13-31-21(30)25-12-14-5-8-23-9-6-14)11-17-16(10-15-4-2-3-7-24-15)19(27)26(17)18(22)20(28)29;/h2-10,17-18H,11-13H2,1H3,(H,25,30)(H,28,29);/q;+1/p-1/b16-10+;/t17?,18-,22-;/m0./s1. The van der Waals surface area contributed by atoms with Crippen LogP contribution in [0.1, 0.15) is 24.6 Å². The summed E-state index contributed by atoms with van der Waals surface area (Å²) in [6.07, 6.45) is 6.19. The van der Waals surface area contributed by atoms with Gasteiger partial charge in [-0.15, -0.1) is 0 Å². The Kier molecular flexibility index (Phi) is 7.33. The van der Waals surface area contributed by atoms with E-state index in [0.717, 1.165) is 5.56 Å². The summed E-state index contributed by atoms with van der Waals surface area (Å²) in [4.78, 5) is 46.1. The summed E-state index contributed by atoms with van der Waals surface area (Å²) in [5, 5.41) is 14.5. The van der Waals surface area contributed by atoms with Crippen LogP contribution in [-0.2, 0) is 20.9 Å². The number of aromatic nitrogens is 2. The number of hydrogen-bond donors (Lipinski definition) is 1. The molecule has 9 nitrogen and oxygen atoms in total. The Morgan fingerprint density at radius 2 is 2.03 bits per heavy atom. The van der Waals surface area contributed by atoms with Gasteiger partial charge in [0.15, 0.2) is 0 Å². The number of fused-ring (bicyclic) bond motifs is 1. The fourth-order valence-electron chi connectivity index (χ4n) is 4.18. The van der Waals surface area contributed by atoms with Crippen LogP contribution in [0.15, 0.2) is 54.5 Å². The molecule has 1 unspecified atom stereocenters. The van der Waals surface area contributed by atoms with Gasteiger partial charge in [0.2, 0.25) is 0 Å². The number of carbonyl (C=O) groups is 3. The van der Waals surface area contributed by atoms with Crippen LogP contribution in [0.5, 0.6) is 0 Å². The number of alkyl carbamates (subject to hydrolysis) is 1. The van der Waals surface area contributed by atoms with E-state index in [1.54, 1.807) is 61.9 Å². The number of ether oxygens (including phenoxy) is 1. The quantitative estimate of drug-likeness (QED) is 0.297. The first-order valence-electron chi connectivity index (χ1n) is 9.85. The second-order valence-electron chi connectivity index (χ2n) is 7.95. The molecule has 2 aliphatic heterocycles. The van der Waals surface area contributed by atoms with Crippen molar-refractivity contribution in [2.24, 2.45) is 5.41 Å². The van der Waals surface area contributed by atoms with Crippen LogP contribution in [0.25, 0.3) is 6.08 Å². The zero-order valence-corrected chi connectivity index (χ0v) is 19.9. The van der Waals surface area contributed by atoms with Crippen LogP contribution in [0.4, 0.5) is 4.79 Å². The van der Waals surface area contributed by atoms with E-state index in [-0.39, 0.29) is 54.7 Å². The number of carbonyl (C=O) groups excluding carboxylic acids is 3. The topological polar surface area (TPSA) is 125 Å². The normalized spacial score (nSPS) is 24.8. The van der Waals surface area contributed by atoms with Crippen LogP contribution in [0.2, 0.25) is 0 Å². The monoisotopic (exact) mass is 444 g/mol. The summed E-state index contributed by atoms with van der Waals surface area (Å²) in [7, 11) is 0. The number of carboxylic acids is 1. The predicted molar refractivity (Wildman–Crippen MR) is 107 cm³/mol. The van der Waals surface area contributed by atoms with E-state index in [0.29, 0.717) is 17.7 Å². The summed E-state index contributed by atoms with van der Waals surface area (Å²) >= 11 is 0. The van der Waals surface area contributed by atoms with Crippen LogP contribution in [0.3, 0.4) is 0 Å². The summed E-state index contributed by atoms with van der Waals surface area (Å²) in [6, 6.07) is 7.30. The number of nitrogens with one attached hydrogen (secondary N) is 1. The second kappa shape index (κ2) is 9.81. The van der Waals surface area contributed by atoms with Gasteiger partial charge in [-0.05, 0) is 42.3 Å². The largest absolute Gasteiger partial charge is 1.00 e. The SMILES string of the molecule is C[C@@]1(COC(=O)NCc2ccncc2)CC2/C(=C\c3ccccn3)C(=O)N2[C@H]1C(=O)[O-].[Na+]. The van der Waals surface area contributed by atoms with Gasteiger partial charge >= 0.3 is 35.7 Å². The molecule has 0 bridgehead atoms. The van der Waals surface area contributed by atoms with Gasteiger partial charge in [-0.2, -0.15) is 0 Å². The summed E-state index contributed by atoms with van der Waals surface area (Å²) in [6.45, 7) is 1.78. The number of β-lactam (4-membered cyclic amide) rings is 1. The number of nitrogens with zero attached hydrogens (tertiary/aromatic N) is 3. The maximum atomic E-state index is 12.7. The van der Waals surface area contributed by atoms with Crippen molar-refractivity contribution in [2.75, 3.05) is 6.61 Å². The Morgan fingerprint density at radius 3 is 2.69 bits per heavy atom. The molecule has 10 heteroatoms. The van der Waals surface area contributed by atoms with Crippen LogP contribution in [-0.4, -0.2) is 51.5 Å². The molecule has 2 aliphatic rings. The molecule has 0 radical (unpaired) electrons. The van der Waals surface area contributed by atoms with E-state index in [1.807, 2.05) is 0 Å². The van der Waals surface area contributed by atoms with Gasteiger partial charge in [-0.1, -0.05) is 13.0 Å². The molecule has 160 valence electrons. The minimum absolute atomic E-state index is 0. The number of rotatable bonds is 6. The molecule has 2 aromatic heterocycles. The second-order valence-corrected chi connectivity index (χ2v) is 7.95. The molecule has 1 N–H and O–H groups in total. The van der Waals surface area contributed by atoms with E-state index in [9.17, 15) is 19.5 Å². The molecular weight excluding hydrogens is 423 g/mol. The molecule has 32 heavy (non-hydrogen) atoms. The summed E-state index contributed by atoms with van der Waals surface area (Å²) in [5.74, 6) is -1.73. The molecule has 2 saturated heterocycles. The van der Waals surface area contributed by atoms with Crippen molar-refractivity contribution in [3.8, 4) is 0 Å². The van der Waals surface area contributed by atoms with Gasteiger partial charge in [-0.25, -0.2) is 4.79 Å². The molecular formula is C22H21N4NaO5. The Balaban J connectivity index is 0.00000289. The van der Waals surface area contributed by atoms with E-state index < -0.39 is 23.5 Å². The number of hydrogen-bond acceptors (Lipinski definition) is 7. The van der Waals surface area contributed by atoms with E-state index >= 15 is 0 Å². The molecule has 3 atom stereocenters. The molecule has 2 fully saturated rings. The molecule has 0 aromatic carbocycles. The Bertz CT molecular complexity index is 1030. The van der Waals surface area contributed by atoms with Gasteiger partial charge in [0.1, 0.15) is 6.61 Å². The van der Waals surface area contributed by atoms with E-state index in [1.165, 1.54) is 4.90 Å². The maximum Gasteiger partial charge on any atom is 1.00 e. The minimum Gasteiger partial charge on any atom is -0.548 e. The van der Waals surface area contributed by atoms with Crippen molar-refractivity contribution < 1.29 is 53.8 Å². The average Bonchev–Trinajstić information content (AvgIpc) is 3.06. The number of pyridine rings is 2. The average molecular weight is 444 g/mol. The fraction of sp³-hybridized carbons (Fsp3) is 0.318. The van der Waals surface area contributed by atoms with Crippen molar-refractivity contribution in [3.05, 3.63) is 65.8 Å². The van der Waals surface area contributed by atoms with Crippen LogP contribution in [0, 0.1) is 5.41 Å². The van der Waals surface area contributed by atoms with Crippen LogP contribution < -0.4 is 40.0 Å². The first kappa shape index (κ1) is 23.9. The van der Waals surface area contributed by atoms with Crippen molar-refractivity contribution >= 4 is 24.0 Å². The zero-order chi connectivity index (χ0) is 22.0. The van der Waals surface area contributed by atoms with E-state index in [4.69, 9.17) is 4.74 Å².